The Morgan fingerprint density at radius 3 is 2.75 bits per heavy atom. The summed E-state index contributed by atoms with van der Waals surface area (Å²) in [6, 6.07) is 9.84. The van der Waals surface area contributed by atoms with Gasteiger partial charge in [0.2, 0.25) is 0 Å². The van der Waals surface area contributed by atoms with E-state index in [1.807, 2.05) is 55.1 Å². The molecule has 0 aliphatic rings. The highest BCUT2D eigenvalue weighted by Gasteiger charge is 2.18. The number of amides is 1. The largest absolute Gasteiger partial charge is 0.342 e. The zero-order valence-electron chi connectivity index (χ0n) is 12.1. The topological polar surface area (TPSA) is 25.2 Å². The molecule has 2 aromatic rings. The summed E-state index contributed by atoms with van der Waals surface area (Å²) in [6.07, 6.45) is 2.95. The van der Waals surface area contributed by atoms with E-state index < -0.39 is 0 Å². The Morgan fingerprint density at radius 2 is 2.10 bits per heavy atom. The van der Waals surface area contributed by atoms with Gasteiger partial charge in [0.1, 0.15) is 5.69 Å². The first-order chi connectivity index (χ1) is 9.52. The summed E-state index contributed by atoms with van der Waals surface area (Å²) in [5.41, 5.74) is 2.77. The second-order valence-electron chi connectivity index (χ2n) is 4.94. The van der Waals surface area contributed by atoms with Crippen molar-refractivity contribution in [3.05, 3.63) is 52.3 Å². The highest BCUT2D eigenvalue weighted by atomic mass is 79.9. The monoisotopic (exact) mass is 334 g/mol. The van der Waals surface area contributed by atoms with Crippen LogP contribution in [0, 0.1) is 6.92 Å². The lowest BCUT2D eigenvalue weighted by atomic mass is 10.2. The molecule has 0 unspecified atom stereocenters. The van der Waals surface area contributed by atoms with Crippen LogP contribution in [0.25, 0.3) is 0 Å². The van der Waals surface area contributed by atoms with Gasteiger partial charge >= 0.3 is 0 Å². The molecule has 0 N–H and O–H groups in total. The van der Waals surface area contributed by atoms with Crippen LogP contribution in [-0.4, -0.2) is 17.5 Å². The Morgan fingerprint density at radius 1 is 1.35 bits per heavy atom. The molecule has 20 heavy (non-hydrogen) atoms. The molecule has 3 nitrogen and oxygen atoms in total. The van der Waals surface area contributed by atoms with Gasteiger partial charge in [0, 0.05) is 29.9 Å². The molecule has 1 amide bonds. The molecular formula is C16H19BrN2O. The third kappa shape index (κ3) is 3.12. The van der Waals surface area contributed by atoms with E-state index >= 15 is 0 Å². The molecule has 0 aliphatic heterocycles. The molecule has 1 aromatic carbocycles. The van der Waals surface area contributed by atoms with Gasteiger partial charge in [-0.15, -0.1) is 0 Å². The predicted molar refractivity (Wildman–Crippen MR) is 86.3 cm³/mol. The maximum absolute atomic E-state index is 12.6. The molecule has 1 aromatic heterocycles. The number of carbonyl (C=O) groups excluding carboxylic acids is 1. The minimum absolute atomic E-state index is 0.00903. The number of nitrogens with zero attached hydrogens (tertiary/aromatic N) is 2. The number of hydrogen-bond acceptors (Lipinski definition) is 1. The second kappa shape index (κ2) is 6.27. The standard InChI is InChI=1S/C16H19BrN2O/c1-4-8-19-11-13(17)10-15(19)16(20)18(3)14-7-5-6-12(2)9-14/h5-7,9-11H,4,8H2,1-3H3. The van der Waals surface area contributed by atoms with Crippen LogP contribution in [0.5, 0.6) is 0 Å². The van der Waals surface area contributed by atoms with E-state index in [0.29, 0.717) is 5.69 Å². The molecule has 0 aliphatic carbocycles. The molecule has 4 heteroatoms. The first-order valence-corrected chi connectivity index (χ1v) is 7.52. The average molecular weight is 335 g/mol. The number of aryl methyl sites for hydroxylation is 2. The van der Waals surface area contributed by atoms with Gasteiger partial charge in [0.05, 0.1) is 0 Å². The van der Waals surface area contributed by atoms with Gasteiger partial charge in [0.15, 0.2) is 0 Å². The molecule has 0 radical (unpaired) electrons. The number of benzene rings is 1. The zero-order chi connectivity index (χ0) is 14.7. The van der Waals surface area contributed by atoms with Crippen molar-refractivity contribution in [3.63, 3.8) is 0 Å². The molecule has 2 rings (SSSR count). The second-order valence-corrected chi connectivity index (χ2v) is 5.86. The quantitative estimate of drug-likeness (QED) is 0.820. The van der Waals surface area contributed by atoms with Crippen molar-refractivity contribution in [1.29, 1.82) is 0 Å². The number of rotatable bonds is 4. The van der Waals surface area contributed by atoms with Gasteiger partial charge in [-0.2, -0.15) is 0 Å². The zero-order valence-corrected chi connectivity index (χ0v) is 13.6. The maximum atomic E-state index is 12.6. The maximum Gasteiger partial charge on any atom is 0.274 e. The van der Waals surface area contributed by atoms with Crippen LogP contribution < -0.4 is 4.90 Å². The van der Waals surface area contributed by atoms with Gasteiger partial charge < -0.3 is 9.47 Å². The van der Waals surface area contributed by atoms with Crippen LogP contribution in [0.3, 0.4) is 0 Å². The van der Waals surface area contributed by atoms with E-state index in [-0.39, 0.29) is 5.91 Å². The lowest BCUT2D eigenvalue weighted by Gasteiger charge is -2.19. The van der Waals surface area contributed by atoms with Gasteiger partial charge in [-0.05, 0) is 53.0 Å². The average Bonchev–Trinajstić information content (AvgIpc) is 2.78. The van der Waals surface area contributed by atoms with Crippen LogP contribution >= 0.6 is 15.9 Å². The van der Waals surface area contributed by atoms with Gasteiger partial charge in [0.25, 0.3) is 5.91 Å². The van der Waals surface area contributed by atoms with E-state index in [1.165, 1.54) is 0 Å². The molecule has 106 valence electrons. The Hall–Kier alpha value is -1.55. The van der Waals surface area contributed by atoms with E-state index in [2.05, 4.69) is 22.9 Å². The SMILES string of the molecule is CCCn1cc(Br)cc1C(=O)N(C)c1cccc(C)c1. The van der Waals surface area contributed by atoms with Gasteiger partial charge in [-0.25, -0.2) is 0 Å². The third-order valence-corrected chi connectivity index (χ3v) is 3.67. The summed E-state index contributed by atoms with van der Waals surface area (Å²) in [6.45, 7) is 4.97. The normalized spacial score (nSPS) is 10.6. The minimum atomic E-state index is 0.00903. The molecule has 0 fully saturated rings. The summed E-state index contributed by atoms with van der Waals surface area (Å²) in [4.78, 5) is 14.3. The van der Waals surface area contributed by atoms with Crippen molar-refractivity contribution in [2.75, 3.05) is 11.9 Å². The number of anilines is 1. The van der Waals surface area contributed by atoms with Crippen LogP contribution in [0.2, 0.25) is 0 Å². The molecule has 0 atom stereocenters. The van der Waals surface area contributed by atoms with E-state index in [1.54, 1.807) is 4.90 Å². The Bertz CT molecular complexity index is 619. The van der Waals surface area contributed by atoms with E-state index in [0.717, 1.165) is 28.7 Å². The van der Waals surface area contributed by atoms with E-state index in [4.69, 9.17) is 0 Å². The fourth-order valence-corrected chi connectivity index (χ4v) is 2.67. The van der Waals surface area contributed by atoms with Crippen molar-refractivity contribution in [2.24, 2.45) is 0 Å². The fraction of sp³-hybridized carbons (Fsp3) is 0.312. The van der Waals surface area contributed by atoms with Crippen molar-refractivity contribution in [2.45, 2.75) is 26.8 Å². The summed E-state index contributed by atoms with van der Waals surface area (Å²) in [5, 5.41) is 0. The third-order valence-electron chi connectivity index (χ3n) is 3.24. The predicted octanol–water partition coefficient (Wildman–Crippen LogP) is 4.25. The fourth-order valence-electron chi connectivity index (χ4n) is 2.21. The number of aromatic nitrogens is 1. The molecule has 0 bridgehead atoms. The summed E-state index contributed by atoms with van der Waals surface area (Å²) in [7, 11) is 1.81. The smallest absolute Gasteiger partial charge is 0.274 e. The highest BCUT2D eigenvalue weighted by molar-refractivity contribution is 9.10. The Labute approximate surface area is 128 Å². The van der Waals surface area contributed by atoms with Crippen LogP contribution in [0.4, 0.5) is 5.69 Å². The van der Waals surface area contributed by atoms with Crippen LogP contribution in [0.1, 0.15) is 29.4 Å². The molecule has 0 spiro atoms. The van der Waals surface area contributed by atoms with Crippen molar-refractivity contribution >= 4 is 27.5 Å². The minimum Gasteiger partial charge on any atom is -0.342 e. The lowest BCUT2D eigenvalue weighted by Crippen LogP contribution is -2.28. The summed E-state index contributed by atoms with van der Waals surface area (Å²) in [5.74, 6) is 0.00903. The van der Waals surface area contributed by atoms with Crippen LogP contribution in [-0.2, 0) is 6.54 Å². The van der Waals surface area contributed by atoms with Crippen molar-refractivity contribution in [1.82, 2.24) is 4.57 Å². The molecule has 1 heterocycles. The summed E-state index contributed by atoms with van der Waals surface area (Å²) < 4.78 is 2.94. The van der Waals surface area contributed by atoms with E-state index in [9.17, 15) is 4.79 Å². The Kier molecular flexibility index (Phi) is 4.65. The molecular weight excluding hydrogens is 316 g/mol. The van der Waals surface area contributed by atoms with Crippen molar-refractivity contribution < 1.29 is 4.79 Å². The lowest BCUT2D eigenvalue weighted by molar-refractivity contribution is 0.0984. The first-order valence-electron chi connectivity index (χ1n) is 6.73. The number of hydrogen-bond donors (Lipinski definition) is 0. The highest BCUT2D eigenvalue weighted by Crippen LogP contribution is 2.21. The summed E-state index contributed by atoms with van der Waals surface area (Å²) >= 11 is 3.45. The van der Waals surface area contributed by atoms with Gasteiger partial charge in [-0.3, -0.25) is 4.79 Å². The van der Waals surface area contributed by atoms with Crippen LogP contribution in [0.15, 0.2) is 41.0 Å². The van der Waals surface area contributed by atoms with Gasteiger partial charge in [-0.1, -0.05) is 19.1 Å². The number of halogens is 1. The Balaban J connectivity index is 2.31. The number of carbonyl (C=O) groups is 1. The van der Waals surface area contributed by atoms with Crippen molar-refractivity contribution in [3.8, 4) is 0 Å². The first kappa shape index (κ1) is 14.9. The molecule has 0 saturated carbocycles. The molecule has 0 saturated heterocycles.